The largest absolute Gasteiger partial charge is 0.483 e. The zero-order chi connectivity index (χ0) is 19.2. The molecule has 3 rings (SSSR count). The smallest absolute Gasteiger partial charge is 0.290 e. The Hall–Kier alpha value is -2.47. The molecular weight excluding hydrogens is 340 g/mol. The molecule has 1 aromatic rings. The van der Waals surface area contributed by atoms with E-state index in [4.69, 9.17) is 19.9 Å². The third-order valence-corrected chi connectivity index (χ3v) is 4.86. The highest BCUT2D eigenvalue weighted by atomic mass is 16.5. The van der Waals surface area contributed by atoms with Crippen LogP contribution in [0.25, 0.3) is 0 Å². The molecule has 2 fully saturated rings. The molecule has 0 bridgehead atoms. The summed E-state index contributed by atoms with van der Waals surface area (Å²) in [5.41, 5.74) is 0.330. The summed E-state index contributed by atoms with van der Waals surface area (Å²) < 4.78 is 5.77. The number of nitrogens with zero attached hydrogens (tertiary/aromatic N) is 2. The highest BCUT2D eigenvalue weighted by molar-refractivity contribution is 5.94. The fourth-order valence-electron chi connectivity index (χ4n) is 3.38. The van der Waals surface area contributed by atoms with Crippen molar-refractivity contribution in [1.82, 2.24) is 4.90 Å². The van der Waals surface area contributed by atoms with Crippen molar-refractivity contribution in [3.8, 4) is 6.07 Å². The molecule has 140 valence electrons. The fraction of sp³-hybridized carbons (Fsp3) is 0.500. The van der Waals surface area contributed by atoms with Gasteiger partial charge in [-0.3, -0.25) is 9.59 Å². The van der Waals surface area contributed by atoms with Crippen molar-refractivity contribution in [1.29, 1.82) is 5.26 Å². The second-order valence-corrected chi connectivity index (χ2v) is 6.30. The number of carbonyl (C=O) groups excluding carboxylic acids is 1. The van der Waals surface area contributed by atoms with Crippen LogP contribution in [0.3, 0.4) is 0 Å². The van der Waals surface area contributed by atoms with Crippen LogP contribution in [0.4, 0.5) is 0 Å². The van der Waals surface area contributed by atoms with Gasteiger partial charge in [0.25, 0.3) is 12.4 Å². The van der Waals surface area contributed by atoms with Crippen LogP contribution in [0.1, 0.15) is 35.2 Å². The van der Waals surface area contributed by atoms with E-state index in [2.05, 4.69) is 0 Å². The third kappa shape index (κ3) is 4.19. The van der Waals surface area contributed by atoms with E-state index in [1.165, 1.54) is 0 Å². The molecule has 0 saturated carbocycles. The minimum Gasteiger partial charge on any atom is -0.483 e. The van der Waals surface area contributed by atoms with E-state index in [1.54, 1.807) is 29.2 Å². The molecule has 0 unspecified atom stereocenters. The van der Waals surface area contributed by atoms with Gasteiger partial charge >= 0.3 is 0 Å². The van der Waals surface area contributed by atoms with Crippen LogP contribution < -0.4 is 0 Å². The van der Waals surface area contributed by atoms with Gasteiger partial charge in [0.2, 0.25) is 0 Å². The van der Waals surface area contributed by atoms with Crippen molar-refractivity contribution in [3.05, 3.63) is 35.4 Å². The minimum absolute atomic E-state index is 0.0878. The number of aliphatic hydroxyl groups excluding tert-OH is 2. The highest BCUT2D eigenvalue weighted by Crippen LogP contribution is 2.35. The minimum atomic E-state index is -0.900. The number of hydrogen-bond donors (Lipinski definition) is 3. The summed E-state index contributed by atoms with van der Waals surface area (Å²) in [6.45, 7) is 1.13. The Bertz CT molecular complexity index is 661. The molecule has 2 saturated heterocycles. The Morgan fingerprint density at radius 3 is 2.38 bits per heavy atom. The number of piperidine rings is 1. The molecule has 3 N–H and O–H groups in total. The molecule has 1 aromatic carbocycles. The van der Waals surface area contributed by atoms with Crippen molar-refractivity contribution in [2.24, 2.45) is 0 Å². The third-order valence-electron chi connectivity index (χ3n) is 4.86. The van der Waals surface area contributed by atoms with E-state index in [1.807, 2.05) is 6.07 Å². The first-order valence-electron chi connectivity index (χ1n) is 8.35. The standard InChI is InChI=1S/C17H20N2O4.CH2O2/c18-11-12-1-3-13(4-2-12)16(22)19-8-6-17(7-9-19)15(21)14(20)5-10-23-17;2-1-3/h1-4,14-15,20-21H,5-10H2;1H,(H,2,3)/t14-,15-;/m0./s1. The summed E-state index contributed by atoms with van der Waals surface area (Å²) in [5.74, 6) is -0.0878. The van der Waals surface area contributed by atoms with Crippen LogP contribution in [0.2, 0.25) is 0 Å². The highest BCUT2D eigenvalue weighted by Gasteiger charge is 2.48. The molecule has 2 aliphatic heterocycles. The number of likely N-dealkylation sites (tertiary alicyclic amines) is 1. The molecule has 0 radical (unpaired) electrons. The van der Waals surface area contributed by atoms with E-state index in [0.717, 1.165) is 0 Å². The molecule has 2 aliphatic rings. The van der Waals surface area contributed by atoms with Gasteiger partial charge in [-0.1, -0.05) is 0 Å². The number of rotatable bonds is 1. The maximum absolute atomic E-state index is 12.5. The Kier molecular flexibility index (Phi) is 6.69. The molecule has 1 amide bonds. The van der Waals surface area contributed by atoms with E-state index in [-0.39, 0.29) is 12.4 Å². The number of carbonyl (C=O) groups is 2. The molecule has 0 aromatic heterocycles. The van der Waals surface area contributed by atoms with Gasteiger partial charge in [-0.05, 0) is 43.5 Å². The van der Waals surface area contributed by atoms with Crippen molar-refractivity contribution < 1.29 is 29.6 Å². The Balaban J connectivity index is 0.000000758. The Morgan fingerprint density at radius 2 is 1.85 bits per heavy atom. The number of ether oxygens (including phenoxy) is 1. The van der Waals surface area contributed by atoms with Crippen molar-refractivity contribution in [2.75, 3.05) is 19.7 Å². The average molecular weight is 362 g/mol. The summed E-state index contributed by atoms with van der Waals surface area (Å²) in [6.07, 6.45) is -0.204. The van der Waals surface area contributed by atoms with Gasteiger partial charge in [0.1, 0.15) is 6.10 Å². The Morgan fingerprint density at radius 1 is 1.27 bits per heavy atom. The number of amides is 1. The van der Waals surface area contributed by atoms with Crippen LogP contribution in [-0.4, -0.2) is 70.1 Å². The van der Waals surface area contributed by atoms with Crippen LogP contribution in [0.5, 0.6) is 0 Å². The van der Waals surface area contributed by atoms with E-state index in [0.29, 0.717) is 50.1 Å². The van der Waals surface area contributed by atoms with Crippen molar-refractivity contribution in [2.45, 2.75) is 37.1 Å². The van der Waals surface area contributed by atoms with E-state index < -0.39 is 17.8 Å². The fourth-order valence-corrected chi connectivity index (χ4v) is 3.38. The van der Waals surface area contributed by atoms with Gasteiger partial charge in [-0.25, -0.2) is 0 Å². The van der Waals surface area contributed by atoms with Gasteiger partial charge < -0.3 is 25.0 Å². The summed E-state index contributed by atoms with van der Waals surface area (Å²) in [5, 5.41) is 35.8. The zero-order valence-corrected chi connectivity index (χ0v) is 14.2. The molecule has 1 spiro atoms. The van der Waals surface area contributed by atoms with Crippen molar-refractivity contribution in [3.63, 3.8) is 0 Å². The molecule has 2 atom stereocenters. The van der Waals surface area contributed by atoms with Crippen LogP contribution >= 0.6 is 0 Å². The summed E-state index contributed by atoms with van der Waals surface area (Å²) in [4.78, 5) is 22.6. The maximum Gasteiger partial charge on any atom is 0.290 e. The van der Waals surface area contributed by atoms with E-state index in [9.17, 15) is 15.0 Å². The quantitative estimate of drug-likeness (QED) is 0.615. The maximum atomic E-state index is 12.5. The average Bonchev–Trinajstić information content (AvgIpc) is 2.67. The first-order valence-corrected chi connectivity index (χ1v) is 8.35. The second kappa shape index (κ2) is 8.76. The lowest BCUT2D eigenvalue weighted by atomic mass is 9.80. The Labute approximate surface area is 151 Å². The predicted octanol–water partition coefficient (Wildman–Crippen LogP) is 0.376. The molecule has 0 aliphatic carbocycles. The summed E-state index contributed by atoms with van der Waals surface area (Å²) >= 11 is 0. The van der Waals surface area contributed by atoms with Gasteiger partial charge in [-0.2, -0.15) is 5.26 Å². The van der Waals surface area contributed by atoms with Gasteiger partial charge in [0.15, 0.2) is 0 Å². The van der Waals surface area contributed by atoms with Gasteiger partial charge in [-0.15, -0.1) is 0 Å². The SMILES string of the molecule is N#Cc1ccc(C(=O)N2CCC3(CC2)OCC[C@H](O)[C@@H]3O)cc1.O=CO. The molecule has 8 nitrogen and oxygen atoms in total. The summed E-state index contributed by atoms with van der Waals surface area (Å²) in [6, 6.07) is 8.59. The predicted molar refractivity (Wildman–Crippen MR) is 90.3 cm³/mol. The first-order chi connectivity index (χ1) is 12.5. The lowest BCUT2D eigenvalue weighted by Gasteiger charge is -2.48. The van der Waals surface area contributed by atoms with Crippen LogP contribution in [0, 0.1) is 11.3 Å². The molecule has 8 heteroatoms. The lowest BCUT2D eigenvalue weighted by molar-refractivity contribution is -0.212. The van der Waals surface area contributed by atoms with Gasteiger partial charge in [0.05, 0.1) is 29.9 Å². The second-order valence-electron chi connectivity index (χ2n) is 6.30. The topological polar surface area (TPSA) is 131 Å². The summed E-state index contributed by atoms with van der Waals surface area (Å²) in [7, 11) is 0. The molecule has 2 heterocycles. The van der Waals surface area contributed by atoms with E-state index >= 15 is 0 Å². The van der Waals surface area contributed by atoms with Gasteiger partial charge in [0, 0.05) is 18.7 Å². The first kappa shape index (κ1) is 19.8. The number of nitriles is 1. The zero-order valence-electron chi connectivity index (χ0n) is 14.2. The molecule has 26 heavy (non-hydrogen) atoms. The normalized spacial score (nSPS) is 24.1. The molecular formula is C18H22N2O6. The number of benzene rings is 1. The lowest BCUT2D eigenvalue weighted by Crippen LogP contribution is -2.60. The number of hydrogen-bond acceptors (Lipinski definition) is 6. The number of carboxylic acid groups (broad SMARTS) is 1. The monoisotopic (exact) mass is 362 g/mol. The van der Waals surface area contributed by atoms with Crippen LogP contribution in [-0.2, 0) is 9.53 Å². The number of aliphatic hydroxyl groups is 2. The van der Waals surface area contributed by atoms with Crippen LogP contribution in [0.15, 0.2) is 24.3 Å². The van der Waals surface area contributed by atoms with Crippen molar-refractivity contribution >= 4 is 12.4 Å².